The van der Waals surface area contributed by atoms with Gasteiger partial charge in [-0.2, -0.15) is 0 Å². The zero-order valence-corrected chi connectivity index (χ0v) is 17.4. The predicted octanol–water partition coefficient (Wildman–Crippen LogP) is 6.09. The number of hydrogen-bond donors (Lipinski definition) is 1. The van der Waals surface area contributed by atoms with Crippen molar-refractivity contribution in [3.8, 4) is 0 Å². The van der Waals surface area contributed by atoms with Crippen molar-refractivity contribution in [2.75, 3.05) is 11.9 Å². The summed E-state index contributed by atoms with van der Waals surface area (Å²) >= 11 is 0. The maximum Gasteiger partial charge on any atom is 0.201 e. The average Bonchev–Trinajstić information content (AvgIpc) is 2.82. The van der Waals surface area contributed by atoms with Crippen LogP contribution in [-0.4, -0.2) is 24.5 Å². The van der Waals surface area contributed by atoms with E-state index in [1.165, 1.54) is 17.5 Å². The number of nitrogens with one attached hydrogen (secondary N) is 1. The van der Waals surface area contributed by atoms with Crippen LogP contribution in [0.5, 0.6) is 0 Å². The molecule has 1 saturated carbocycles. The summed E-state index contributed by atoms with van der Waals surface area (Å²) in [6.45, 7) is 4.69. The number of halogens is 1. The van der Waals surface area contributed by atoms with Crippen molar-refractivity contribution in [3.05, 3.63) is 84.7 Å². The molecule has 1 aliphatic heterocycles. The molecule has 0 amide bonds. The quantitative estimate of drug-likeness (QED) is 0.520. The molecule has 3 aromatic rings. The third kappa shape index (κ3) is 4.22. The standard InChI is InChI=1S/C26H26FNO3/c1-18(23-8-4-6-19-5-2-3-7-24(19)23)25-17-29-26(31-30-25)15-13-22(14-16-26)28-21-11-9-20(27)10-12-21/h2-12,22,25,28H,1,13-17H2. The molecule has 0 aromatic heterocycles. The first-order valence-corrected chi connectivity index (χ1v) is 10.8. The first-order valence-electron chi connectivity index (χ1n) is 10.8. The first kappa shape index (κ1) is 20.2. The van der Waals surface area contributed by atoms with E-state index in [9.17, 15) is 4.39 Å². The van der Waals surface area contributed by atoms with Gasteiger partial charge in [0.15, 0.2) is 0 Å². The predicted molar refractivity (Wildman–Crippen MR) is 120 cm³/mol. The van der Waals surface area contributed by atoms with E-state index in [-0.39, 0.29) is 11.9 Å². The van der Waals surface area contributed by atoms with Gasteiger partial charge in [-0.05, 0) is 59.0 Å². The van der Waals surface area contributed by atoms with Gasteiger partial charge in [-0.15, -0.1) is 0 Å². The zero-order valence-electron chi connectivity index (χ0n) is 17.4. The fraction of sp³-hybridized carbons (Fsp3) is 0.308. The second-order valence-corrected chi connectivity index (χ2v) is 8.37. The third-order valence-corrected chi connectivity index (χ3v) is 6.30. The minimum Gasteiger partial charge on any atom is -0.382 e. The van der Waals surface area contributed by atoms with Crippen LogP contribution in [0.4, 0.5) is 10.1 Å². The molecular formula is C26H26FNO3. The molecule has 31 heavy (non-hydrogen) atoms. The topological polar surface area (TPSA) is 39.7 Å². The van der Waals surface area contributed by atoms with Crippen LogP contribution in [0.1, 0.15) is 31.2 Å². The molecule has 1 atom stereocenters. The molecule has 1 spiro atoms. The van der Waals surface area contributed by atoms with Gasteiger partial charge in [0.25, 0.3) is 0 Å². The lowest BCUT2D eigenvalue weighted by molar-refractivity contribution is -0.483. The normalized spacial score (nSPS) is 26.1. The lowest BCUT2D eigenvalue weighted by Crippen LogP contribution is -2.49. The summed E-state index contributed by atoms with van der Waals surface area (Å²) in [5.41, 5.74) is 2.84. The monoisotopic (exact) mass is 419 g/mol. The zero-order chi connectivity index (χ0) is 21.3. The largest absolute Gasteiger partial charge is 0.382 e. The molecule has 4 nitrogen and oxygen atoms in total. The van der Waals surface area contributed by atoms with Crippen LogP contribution < -0.4 is 5.32 Å². The maximum absolute atomic E-state index is 13.1. The summed E-state index contributed by atoms with van der Waals surface area (Å²) in [5.74, 6) is -0.926. The fourth-order valence-corrected chi connectivity index (χ4v) is 4.47. The first-order chi connectivity index (χ1) is 15.1. The van der Waals surface area contributed by atoms with E-state index >= 15 is 0 Å². The van der Waals surface area contributed by atoms with Gasteiger partial charge in [0.2, 0.25) is 5.79 Å². The molecule has 0 radical (unpaired) electrons. The molecule has 1 saturated heterocycles. The molecule has 2 fully saturated rings. The summed E-state index contributed by atoms with van der Waals surface area (Å²) in [7, 11) is 0. The molecule has 5 rings (SSSR count). The van der Waals surface area contributed by atoms with E-state index in [0.717, 1.165) is 47.9 Å². The van der Waals surface area contributed by atoms with Crippen LogP contribution in [0.2, 0.25) is 0 Å². The number of anilines is 1. The Morgan fingerprint density at radius 2 is 1.71 bits per heavy atom. The molecule has 1 aliphatic carbocycles. The minimum atomic E-state index is -0.698. The molecule has 0 bridgehead atoms. The summed E-state index contributed by atoms with van der Waals surface area (Å²) in [6, 6.07) is 21.2. The van der Waals surface area contributed by atoms with Crippen LogP contribution >= 0.6 is 0 Å². The summed E-state index contributed by atoms with van der Waals surface area (Å²) in [4.78, 5) is 11.6. The molecule has 5 heteroatoms. The Morgan fingerprint density at radius 1 is 0.968 bits per heavy atom. The lowest BCUT2D eigenvalue weighted by Gasteiger charge is -2.43. The van der Waals surface area contributed by atoms with Crippen molar-refractivity contribution >= 4 is 22.0 Å². The van der Waals surface area contributed by atoms with Crippen molar-refractivity contribution in [2.45, 2.75) is 43.6 Å². The summed E-state index contributed by atoms with van der Waals surface area (Å²) in [6.07, 6.45) is 2.90. The smallest absolute Gasteiger partial charge is 0.201 e. The fourth-order valence-electron chi connectivity index (χ4n) is 4.47. The molecule has 160 valence electrons. The van der Waals surface area contributed by atoms with E-state index in [2.05, 4.69) is 36.2 Å². The van der Waals surface area contributed by atoms with Crippen LogP contribution in [-0.2, 0) is 14.5 Å². The Balaban J connectivity index is 1.19. The minimum absolute atomic E-state index is 0.228. The highest BCUT2D eigenvalue weighted by Crippen LogP contribution is 2.39. The van der Waals surface area contributed by atoms with Gasteiger partial charge in [0.05, 0.1) is 6.61 Å². The van der Waals surface area contributed by atoms with Gasteiger partial charge in [-0.25, -0.2) is 14.2 Å². The molecule has 3 aromatic carbocycles. The van der Waals surface area contributed by atoms with Crippen molar-refractivity contribution < 1.29 is 18.9 Å². The van der Waals surface area contributed by atoms with Crippen molar-refractivity contribution in [3.63, 3.8) is 0 Å². The van der Waals surface area contributed by atoms with Crippen LogP contribution in [0.15, 0.2) is 73.3 Å². The summed E-state index contributed by atoms with van der Waals surface area (Å²) < 4.78 is 19.3. The second-order valence-electron chi connectivity index (χ2n) is 8.37. The van der Waals surface area contributed by atoms with Crippen LogP contribution in [0, 0.1) is 5.82 Å². The highest BCUT2D eigenvalue weighted by Gasteiger charge is 2.43. The van der Waals surface area contributed by atoms with Crippen LogP contribution in [0.25, 0.3) is 16.3 Å². The van der Waals surface area contributed by atoms with Gasteiger partial charge < -0.3 is 10.1 Å². The number of fused-ring (bicyclic) bond motifs is 1. The highest BCUT2D eigenvalue weighted by molar-refractivity contribution is 5.94. The molecule has 1 N–H and O–H groups in total. The van der Waals surface area contributed by atoms with Gasteiger partial charge in [0.1, 0.15) is 11.9 Å². The van der Waals surface area contributed by atoms with E-state index in [4.69, 9.17) is 14.5 Å². The number of benzene rings is 3. The maximum atomic E-state index is 13.1. The Morgan fingerprint density at radius 3 is 2.45 bits per heavy atom. The van der Waals surface area contributed by atoms with E-state index in [1.807, 2.05) is 18.2 Å². The van der Waals surface area contributed by atoms with Gasteiger partial charge in [-0.3, -0.25) is 0 Å². The van der Waals surface area contributed by atoms with E-state index in [1.54, 1.807) is 12.1 Å². The molecular weight excluding hydrogens is 393 g/mol. The third-order valence-electron chi connectivity index (χ3n) is 6.30. The van der Waals surface area contributed by atoms with Crippen LogP contribution in [0.3, 0.4) is 0 Å². The van der Waals surface area contributed by atoms with E-state index < -0.39 is 5.79 Å². The Kier molecular flexibility index (Phi) is 5.48. The Hall–Kier alpha value is -2.73. The lowest BCUT2D eigenvalue weighted by atomic mass is 9.89. The van der Waals surface area contributed by atoms with E-state index in [0.29, 0.717) is 12.6 Å². The molecule has 1 heterocycles. The van der Waals surface area contributed by atoms with Crippen molar-refractivity contribution in [1.29, 1.82) is 0 Å². The average molecular weight is 419 g/mol. The van der Waals surface area contributed by atoms with Gasteiger partial charge >= 0.3 is 0 Å². The Labute approximate surface area is 181 Å². The number of rotatable bonds is 4. The number of hydrogen-bond acceptors (Lipinski definition) is 4. The highest BCUT2D eigenvalue weighted by atomic mass is 19.1. The SMILES string of the molecule is C=C(c1cccc2ccccc12)C1COC2(CCC(Nc3ccc(F)cc3)CC2)OO1. The Bertz CT molecular complexity index is 1060. The van der Waals surface area contributed by atoms with Crippen molar-refractivity contribution in [2.24, 2.45) is 0 Å². The van der Waals surface area contributed by atoms with Gasteiger partial charge in [0, 0.05) is 24.6 Å². The van der Waals surface area contributed by atoms with Crippen molar-refractivity contribution in [1.82, 2.24) is 0 Å². The number of ether oxygens (including phenoxy) is 1. The van der Waals surface area contributed by atoms with Gasteiger partial charge in [-0.1, -0.05) is 49.0 Å². The molecule has 2 aliphatic rings. The second kappa shape index (κ2) is 8.42. The molecule has 1 unspecified atom stereocenters. The summed E-state index contributed by atoms with van der Waals surface area (Å²) in [5, 5.41) is 5.78.